The van der Waals surface area contributed by atoms with Gasteiger partial charge in [-0.25, -0.2) is 9.59 Å². The Hall–Kier alpha value is -2.50. The summed E-state index contributed by atoms with van der Waals surface area (Å²) < 4.78 is 11.1. The Kier molecular flexibility index (Phi) is 3.93. The third kappa shape index (κ3) is 2.32. The van der Waals surface area contributed by atoms with E-state index < -0.39 is 11.9 Å². The number of ether oxygens (including phenoxy) is 2. The zero-order valence-corrected chi connectivity index (χ0v) is 11.5. The molecule has 0 fully saturated rings. The van der Waals surface area contributed by atoms with E-state index in [1.165, 1.54) is 25.1 Å². The molecular weight excluding hydrogens is 262 g/mol. The van der Waals surface area contributed by atoms with Gasteiger partial charge in [-0.3, -0.25) is 0 Å². The van der Waals surface area contributed by atoms with Crippen LogP contribution in [0.2, 0.25) is 0 Å². The monoisotopic (exact) mass is 277 g/mol. The zero-order chi connectivity index (χ0) is 14.7. The summed E-state index contributed by atoms with van der Waals surface area (Å²) in [7, 11) is 2.78. The van der Waals surface area contributed by atoms with Crippen LogP contribution in [0.25, 0.3) is 10.9 Å². The number of nitrogens with zero attached hydrogens (tertiary/aromatic N) is 1. The summed E-state index contributed by atoms with van der Waals surface area (Å²) in [6.07, 6.45) is 1.52. The molecule has 0 atom stereocenters. The highest BCUT2D eigenvalue weighted by molar-refractivity contribution is 6.06. The lowest BCUT2D eigenvalue weighted by Crippen LogP contribution is -2.05. The Bertz CT molecular complexity index is 659. The molecule has 0 unspecified atom stereocenters. The summed E-state index contributed by atoms with van der Waals surface area (Å²) in [6.45, 7) is 2.03. The van der Waals surface area contributed by atoms with Gasteiger partial charge >= 0.3 is 11.9 Å². The van der Waals surface area contributed by atoms with E-state index in [0.29, 0.717) is 28.6 Å². The first kappa shape index (κ1) is 13.9. The smallest absolute Gasteiger partial charge is 0.340 e. The van der Waals surface area contributed by atoms with Crippen molar-refractivity contribution in [1.29, 1.82) is 0 Å². The van der Waals surface area contributed by atoms with Crippen LogP contribution in [0.5, 0.6) is 0 Å². The molecule has 0 saturated heterocycles. The molecule has 1 heterocycles. The summed E-state index contributed by atoms with van der Waals surface area (Å²) in [5.74, 6) is -0.929. The van der Waals surface area contributed by atoms with E-state index in [1.807, 2.05) is 0 Å². The Morgan fingerprint density at radius 3 is 2.55 bits per heavy atom. The molecule has 6 heteroatoms. The number of methoxy groups -OCH3 is 1. The van der Waals surface area contributed by atoms with Gasteiger partial charge in [-0.05, 0) is 25.1 Å². The van der Waals surface area contributed by atoms with Crippen molar-refractivity contribution in [3.8, 4) is 0 Å². The van der Waals surface area contributed by atoms with Crippen LogP contribution >= 0.6 is 0 Å². The molecular formula is C14H15NO5. The lowest BCUT2D eigenvalue weighted by Gasteiger charge is -2.04. The van der Waals surface area contributed by atoms with Crippen molar-refractivity contribution in [3.63, 3.8) is 0 Å². The molecule has 1 aromatic carbocycles. The van der Waals surface area contributed by atoms with Crippen molar-refractivity contribution < 1.29 is 23.9 Å². The molecule has 2 aromatic rings. The number of benzene rings is 1. The first-order chi connectivity index (χ1) is 9.62. The highest BCUT2D eigenvalue weighted by Crippen LogP contribution is 2.23. The van der Waals surface area contributed by atoms with Crippen LogP contribution in [0.4, 0.5) is 0 Å². The van der Waals surface area contributed by atoms with E-state index in [0.717, 1.165) is 0 Å². The average molecular weight is 277 g/mol. The molecule has 1 aromatic heterocycles. The van der Waals surface area contributed by atoms with E-state index in [1.54, 1.807) is 25.1 Å². The average Bonchev–Trinajstić information content (AvgIpc) is 2.84. The van der Waals surface area contributed by atoms with Crippen molar-refractivity contribution in [2.75, 3.05) is 20.8 Å². The molecule has 20 heavy (non-hydrogen) atoms. The van der Waals surface area contributed by atoms with Crippen LogP contribution in [-0.2, 0) is 9.47 Å². The minimum Gasteiger partial charge on any atom is -0.465 e. The number of esters is 2. The van der Waals surface area contributed by atoms with Crippen molar-refractivity contribution in [2.24, 2.45) is 0 Å². The van der Waals surface area contributed by atoms with Gasteiger partial charge in [0.25, 0.3) is 0 Å². The van der Waals surface area contributed by atoms with Gasteiger partial charge in [0.15, 0.2) is 0 Å². The summed E-state index contributed by atoms with van der Waals surface area (Å²) in [6, 6.07) is 4.91. The number of hydrogen-bond donors (Lipinski definition) is 0. The van der Waals surface area contributed by atoms with Crippen LogP contribution < -0.4 is 4.84 Å². The Morgan fingerprint density at radius 1 is 1.20 bits per heavy atom. The number of carbonyl (C=O) groups is 2. The van der Waals surface area contributed by atoms with Crippen LogP contribution in [0.15, 0.2) is 24.4 Å². The van der Waals surface area contributed by atoms with Gasteiger partial charge in [0.1, 0.15) is 7.11 Å². The maximum absolute atomic E-state index is 11.8. The highest BCUT2D eigenvalue weighted by Gasteiger charge is 2.18. The third-order valence-electron chi connectivity index (χ3n) is 2.88. The van der Waals surface area contributed by atoms with Crippen LogP contribution in [0.1, 0.15) is 27.6 Å². The molecule has 0 spiro atoms. The molecule has 0 aliphatic rings. The molecule has 0 aliphatic heterocycles. The fourth-order valence-corrected chi connectivity index (χ4v) is 1.97. The van der Waals surface area contributed by atoms with Gasteiger partial charge < -0.3 is 14.3 Å². The van der Waals surface area contributed by atoms with Gasteiger partial charge in [0.05, 0.1) is 36.6 Å². The minimum absolute atomic E-state index is 0.291. The summed E-state index contributed by atoms with van der Waals surface area (Å²) in [5.41, 5.74) is 1.37. The number of hydrogen-bond acceptors (Lipinski definition) is 5. The van der Waals surface area contributed by atoms with Gasteiger partial charge in [-0.2, -0.15) is 4.73 Å². The minimum atomic E-state index is -0.494. The van der Waals surface area contributed by atoms with Crippen LogP contribution in [0.3, 0.4) is 0 Å². The second-order valence-corrected chi connectivity index (χ2v) is 4.00. The van der Waals surface area contributed by atoms with Gasteiger partial charge in [-0.1, -0.05) is 0 Å². The lowest BCUT2D eigenvalue weighted by molar-refractivity contribution is 0.0525. The second kappa shape index (κ2) is 5.64. The standard InChI is InChI=1S/C14H15NO5/c1-4-20-13(16)9-5-6-12-10(7-9)11(14(17)18-2)8-15(12)19-3/h5-8H,4H2,1-3H3. The summed E-state index contributed by atoms with van der Waals surface area (Å²) >= 11 is 0. The number of rotatable bonds is 4. The first-order valence-electron chi connectivity index (χ1n) is 6.07. The Labute approximate surface area is 115 Å². The predicted molar refractivity (Wildman–Crippen MR) is 71.7 cm³/mol. The zero-order valence-electron chi connectivity index (χ0n) is 11.5. The molecule has 0 aliphatic carbocycles. The number of fused-ring (bicyclic) bond motifs is 1. The topological polar surface area (TPSA) is 66.8 Å². The molecule has 0 radical (unpaired) electrons. The Morgan fingerprint density at radius 2 is 1.95 bits per heavy atom. The van der Waals surface area contributed by atoms with Crippen molar-refractivity contribution in [2.45, 2.75) is 6.92 Å². The van der Waals surface area contributed by atoms with E-state index in [-0.39, 0.29) is 0 Å². The largest absolute Gasteiger partial charge is 0.465 e. The van der Waals surface area contributed by atoms with Crippen LogP contribution in [0, 0.1) is 0 Å². The summed E-state index contributed by atoms with van der Waals surface area (Å²) in [5, 5.41) is 0.573. The fourth-order valence-electron chi connectivity index (χ4n) is 1.97. The van der Waals surface area contributed by atoms with E-state index in [9.17, 15) is 9.59 Å². The van der Waals surface area contributed by atoms with E-state index in [4.69, 9.17) is 14.3 Å². The second-order valence-electron chi connectivity index (χ2n) is 4.00. The molecule has 0 saturated carbocycles. The van der Waals surface area contributed by atoms with Crippen molar-refractivity contribution in [3.05, 3.63) is 35.5 Å². The van der Waals surface area contributed by atoms with Crippen molar-refractivity contribution in [1.82, 2.24) is 4.73 Å². The first-order valence-corrected chi connectivity index (χ1v) is 6.07. The van der Waals surface area contributed by atoms with Crippen molar-refractivity contribution >= 4 is 22.8 Å². The van der Waals surface area contributed by atoms with E-state index >= 15 is 0 Å². The highest BCUT2D eigenvalue weighted by atomic mass is 16.6. The predicted octanol–water partition coefficient (Wildman–Crippen LogP) is 1.66. The van der Waals surface area contributed by atoms with E-state index in [2.05, 4.69) is 0 Å². The fraction of sp³-hybridized carbons (Fsp3) is 0.286. The molecule has 2 rings (SSSR count). The van der Waals surface area contributed by atoms with Gasteiger partial charge in [0.2, 0.25) is 0 Å². The molecule has 0 N–H and O–H groups in total. The lowest BCUT2D eigenvalue weighted by atomic mass is 10.1. The third-order valence-corrected chi connectivity index (χ3v) is 2.88. The summed E-state index contributed by atoms with van der Waals surface area (Å²) in [4.78, 5) is 28.6. The number of carbonyl (C=O) groups excluding carboxylic acids is 2. The molecule has 0 bridgehead atoms. The van der Waals surface area contributed by atoms with Crippen LogP contribution in [-0.4, -0.2) is 37.5 Å². The molecule has 106 valence electrons. The SMILES string of the molecule is CCOC(=O)c1ccc2c(c1)c(C(=O)OC)cn2OC. The molecule has 6 nitrogen and oxygen atoms in total. The molecule has 0 amide bonds. The maximum atomic E-state index is 11.8. The normalized spacial score (nSPS) is 10.3. The quantitative estimate of drug-likeness (QED) is 0.795. The maximum Gasteiger partial charge on any atom is 0.340 e. The number of aromatic nitrogens is 1. The van der Waals surface area contributed by atoms with Gasteiger partial charge in [-0.15, -0.1) is 0 Å². The Balaban J connectivity index is 2.59. The van der Waals surface area contributed by atoms with Gasteiger partial charge in [0, 0.05) is 5.39 Å².